The molecule has 0 bridgehead atoms. The molecule has 1 fully saturated rings. The molecule has 10 heteroatoms. The van der Waals surface area contributed by atoms with Crippen LogP contribution >= 0.6 is 0 Å². The normalized spacial score (nSPS) is 21.8. The Bertz CT molecular complexity index is 588. The van der Waals surface area contributed by atoms with Crippen LogP contribution in [-0.2, 0) is 19.4 Å². The van der Waals surface area contributed by atoms with Crippen molar-refractivity contribution in [3.05, 3.63) is 24.2 Å². The number of nitrogens with one attached hydrogen (secondary N) is 1. The molecule has 1 saturated heterocycles. The van der Waals surface area contributed by atoms with Crippen LogP contribution in [0, 0.1) is 5.92 Å². The molecule has 0 aliphatic carbocycles. The second-order valence-electron chi connectivity index (χ2n) is 4.18. The zero-order chi connectivity index (χ0) is 16.1. The predicted octanol–water partition coefficient (Wildman–Crippen LogP) is 0.572. The summed E-state index contributed by atoms with van der Waals surface area (Å²) in [6.45, 7) is 1.52. The van der Waals surface area contributed by atoms with Gasteiger partial charge in [0.05, 0.1) is 6.26 Å². The van der Waals surface area contributed by atoms with E-state index in [0.29, 0.717) is 5.76 Å². The number of rotatable bonds is 5. The Labute approximate surface area is 123 Å². The van der Waals surface area contributed by atoms with Crippen LogP contribution in [0.5, 0.6) is 0 Å². The largest absolute Gasteiger partial charge is 0.463 e. The van der Waals surface area contributed by atoms with Crippen molar-refractivity contribution in [2.45, 2.75) is 13.2 Å². The van der Waals surface area contributed by atoms with Crippen LogP contribution in [0.3, 0.4) is 0 Å². The predicted molar refractivity (Wildman–Crippen MR) is 67.8 cm³/mol. The fourth-order valence-electron chi connectivity index (χ4n) is 1.85. The van der Waals surface area contributed by atoms with E-state index in [-0.39, 0.29) is 6.54 Å². The summed E-state index contributed by atoms with van der Waals surface area (Å²) in [7, 11) is 0. The van der Waals surface area contributed by atoms with Crippen LogP contribution in [0.2, 0.25) is 0 Å². The molecule has 1 N–H and O–H groups in total. The average Bonchev–Trinajstić information content (AvgIpc) is 3.00. The van der Waals surface area contributed by atoms with E-state index in [4.69, 9.17) is 9.25 Å². The van der Waals surface area contributed by atoms with E-state index in [2.05, 4.69) is 15.4 Å². The molecule has 0 aromatic carbocycles. The third kappa shape index (κ3) is 3.05. The summed E-state index contributed by atoms with van der Waals surface area (Å²) in [5, 5.41) is 5.72. The van der Waals surface area contributed by atoms with E-state index in [1.165, 1.54) is 13.2 Å². The topological polar surface area (TPSA) is 110 Å². The first-order valence-corrected chi connectivity index (χ1v) is 6.25. The number of hydrogen-bond donors (Lipinski definition) is 1. The van der Waals surface area contributed by atoms with Crippen molar-refractivity contribution >= 4 is 24.1 Å². The lowest BCUT2D eigenvalue weighted by atomic mass is 10.0. The number of nitrogens with zero attached hydrogens (tertiary/aromatic N) is 2. The maximum absolute atomic E-state index is 12.1. The maximum atomic E-state index is 12.1. The van der Waals surface area contributed by atoms with Gasteiger partial charge in [-0.3, -0.25) is 20.0 Å². The quantitative estimate of drug-likeness (QED) is 0.483. The Balaban J connectivity index is 2.14. The Kier molecular flexibility index (Phi) is 4.71. The minimum absolute atomic E-state index is 0.00309. The van der Waals surface area contributed by atoms with E-state index < -0.39 is 30.1 Å². The first kappa shape index (κ1) is 15.5. The lowest BCUT2D eigenvalue weighted by molar-refractivity contribution is -0.198. The molecular weight excluding hydrogens is 301 g/mol. The molecule has 3 amide bonds. The average molecular weight is 313 g/mol. The number of amides is 3. The number of urea groups is 1. The van der Waals surface area contributed by atoms with Gasteiger partial charge < -0.3 is 9.25 Å². The summed E-state index contributed by atoms with van der Waals surface area (Å²) in [6, 6.07) is 2.40. The maximum Gasteiger partial charge on any atom is 0.367 e. The van der Waals surface area contributed by atoms with Crippen LogP contribution < -0.4 is 5.32 Å². The number of halogens is 1. The highest BCUT2D eigenvalue weighted by molar-refractivity contribution is 6.07. The van der Waals surface area contributed by atoms with Gasteiger partial charge in [-0.1, -0.05) is 5.16 Å². The molecule has 1 aliphatic rings. The van der Waals surface area contributed by atoms with Crippen molar-refractivity contribution in [1.82, 2.24) is 10.2 Å². The van der Waals surface area contributed by atoms with Gasteiger partial charge in [-0.25, -0.2) is 9.59 Å². The third-order valence-corrected chi connectivity index (χ3v) is 2.89. The van der Waals surface area contributed by atoms with E-state index in [9.17, 15) is 18.9 Å². The first-order valence-electron chi connectivity index (χ1n) is 6.25. The number of imide groups is 1. The molecule has 2 unspecified atom stereocenters. The number of oxime groups is 1. The van der Waals surface area contributed by atoms with Crippen LogP contribution in [0.25, 0.3) is 0 Å². The number of carbonyl (C=O) groups excluding carboxylic acids is 3. The second-order valence-corrected chi connectivity index (χ2v) is 4.18. The molecule has 0 radical (unpaired) electrons. The summed E-state index contributed by atoms with van der Waals surface area (Å²) < 4.78 is 17.1. The van der Waals surface area contributed by atoms with Crippen LogP contribution in [-0.4, -0.2) is 41.8 Å². The highest BCUT2D eigenvalue weighted by atomic mass is 19.3. The molecule has 2 heterocycles. The lowest BCUT2D eigenvalue weighted by Gasteiger charge is -2.33. The number of carbonyl (C=O) groups is 3. The van der Waals surface area contributed by atoms with Crippen molar-refractivity contribution in [2.75, 3.05) is 6.54 Å². The molecular formula is C12H12FN3O6. The zero-order valence-corrected chi connectivity index (χ0v) is 11.4. The van der Waals surface area contributed by atoms with Gasteiger partial charge in [0.25, 0.3) is 5.91 Å². The van der Waals surface area contributed by atoms with Crippen molar-refractivity contribution in [2.24, 2.45) is 11.1 Å². The van der Waals surface area contributed by atoms with Gasteiger partial charge >= 0.3 is 12.0 Å². The molecule has 9 nitrogen and oxygen atoms in total. The fraction of sp³-hybridized carbons (Fsp3) is 0.333. The minimum Gasteiger partial charge on any atom is -0.463 e. The van der Waals surface area contributed by atoms with Gasteiger partial charge in [-0.05, 0) is 19.1 Å². The van der Waals surface area contributed by atoms with Gasteiger partial charge in [0.1, 0.15) is 12.0 Å². The van der Waals surface area contributed by atoms with E-state index in [0.717, 1.165) is 11.1 Å². The summed E-state index contributed by atoms with van der Waals surface area (Å²) in [6.07, 6.45) is 1.06. The number of hydrogen-bond acceptors (Lipinski definition) is 7. The standard InChI is InChI=1S/C12H12FN3O6/c1-2-16-10(17)8(11(18)21-13)9(15-12(16)19)22-14-6-7-4-3-5-20-7/h3-6,8-9H,2H2,1H3,(H,15,19). The van der Waals surface area contributed by atoms with Crippen molar-refractivity contribution in [1.29, 1.82) is 0 Å². The van der Waals surface area contributed by atoms with Crippen LogP contribution in [0.1, 0.15) is 12.7 Å². The van der Waals surface area contributed by atoms with Crippen LogP contribution in [0.15, 0.2) is 28.0 Å². The van der Waals surface area contributed by atoms with Crippen molar-refractivity contribution in [3.63, 3.8) is 0 Å². The van der Waals surface area contributed by atoms with E-state index >= 15 is 0 Å². The second kappa shape index (κ2) is 6.70. The summed E-state index contributed by atoms with van der Waals surface area (Å²) in [5.41, 5.74) is 0. The fourth-order valence-corrected chi connectivity index (χ4v) is 1.85. The molecule has 0 saturated carbocycles. The zero-order valence-electron chi connectivity index (χ0n) is 11.4. The molecule has 2 rings (SSSR count). The van der Waals surface area contributed by atoms with Gasteiger partial charge in [-0.2, -0.15) is 0 Å². The third-order valence-electron chi connectivity index (χ3n) is 2.89. The highest BCUT2D eigenvalue weighted by Gasteiger charge is 2.48. The van der Waals surface area contributed by atoms with E-state index in [1.54, 1.807) is 12.1 Å². The number of furan rings is 1. The SMILES string of the molecule is CCN1C(=O)NC(ON=Cc2ccco2)C(C(=O)OF)C1=O. The van der Waals surface area contributed by atoms with Crippen molar-refractivity contribution < 1.29 is 33.1 Å². The molecule has 1 aliphatic heterocycles. The van der Waals surface area contributed by atoms with Gasteiger partial charge in [0.15, 0.2) is 5.92 Å². The Morgan fingerprint density at radius 2 is 2.36 bits per heavy atom. The monoisotopic (exact) mass is 313 g/mol. The van der Waals surface area contributed by atoms with Gasteiger partial charge in [0, 0.05) is 11.1 Å². The molecule has 2 atom stereocenters. The Morgan fingerprint density at radius 1 is 1.59 bits per heavy atom. The molecule has 1 aromatic rings. The van der Waals surface area contributed by atoms with Gasteiger partial charge in [-0.15, -0.1) is 0 Å². The summed E-state index contributed by atoms with van der Waals surface area (Å²) >= 11 is 0. The van der Waals surface area contributed by atoms with Crippen LogP contribution in [0.4, 0.5) is 9.32 Å². The molecule has 0 spiro atoms. The molecule has 1 aromatic heterocycles. The smallest absolute Gasteiger partial charge is 0.367 e. The van der Waals surface area contributed by atoms with Crippen molar-refractivity contribution in [3.8, 4) is 0 Å². The van der Waals surface area contributed by atoms with E-state index in [1.807, 2.05) is 0 Å². The Morgan fingerprint density at radius 3 is 2.95 bits per heavy atom. The molecule has 22 heavy (non-hydrogen) atoms. The minimum atomic E-state index is -1.70. The Hall–Kier alpha value is -2.91. The van der Waals surface area contributed by atoms with Gasteiger partial charge in [0.2, 0.25) is 6.23 Å². The summed E-state index contributed by atoms with van der Waals surface area (Å²) in [4.78, 5) is 43.8. The highest BCUT2D eigenvalue weighted by Crippen LogP contribution is 2.18. The first-order chi connectivity index (χ1) is 10.6. The summed E-state index contributed by atoms with van der Waals surface area (Å²) in [5.74, 6) is -3.78. The molecule has 118 valence electrons. The lowest BCUT2D eigenvalue weighted by Crippen LogP contribution is -2.62.